The summed E-state index contributed by atoms with van der Waals surface area (Å²) in [5.41, 5.74) is 2.41. The molecule has 7 nitrogen and oxygen atoms in total. The molecule has 1 aromatic carbocycles. The molecule has 1 amide bonds. The number of carbonyl (C=O) groups is 1. The molecule has 29 heavy (non-hydrogen) atoms. The maximum absolute atomic E-state index is 12.6. The number of carbonyl (C=O) groups excluding carboxylic acids is 1. The molecule has 2 aromatic heterocycles. The predicted octanol–water partition coefficient (Wildman–Crippen LogP) is 3.04. The fraction of sp³-hybridized carbons (Fsp3) is 0.300. The minimum atomic E-state index is -3.19. The van der Waals surface area contributed by atoms with Gasteiger partial charge in [-0.15, -0.1) is 11.3 Å². The van der Waals surface area contributed by atoms with Gasteiger partial charge in [0.1, 0.15) is 0 Å². The maximum atomic E-state index is 12.6. The van der Waals surface area contributed by atoms with Crippen LogP contribution in [0, 0.1) is 0 Å². The summed E-state index contributed by atoms with van der Waals surface area (Å²) in [6, 6.07) is 11.2. The SMILES string of the molecule is O=C(Nc1nc2c(s1)CN(S(=O)(=O)C1CC1)CC2)c1ccc(-n2cccc2)cc1. The van der Waals surface area contributed by atoms with Crippen molar-refractivity contribution in [3.05, 3.63) is 64.9 Å². The Labute approximate surface area is 173 Å². The molecular formula is C20H20N4O3S2. The van der Waals surface area contributed by atoms with E-state index in [0.717, 1.165) is 29.1 Å². The second-order valence-electron chi connectivity index (χ2n) is 7.31. The highest BCUT2D eigenvalue weighted by atomic mass is 32.2. The number of nitrogens with one attached hydrogen (secondary N) is 1. The van der Waals surface area contributed by atoms with E-state index < -0.39 is 10.0 Å². The molecule has 150 valence electrons. The Morgan fingerprint density at radius 2 is 1.86 bits per heavy atom. The van der Waals surface area contributed by atoms with Gasteiger partial charge < -0.3 is 4.57 Å². The molecular weight excluding hydrogens is 408 g/mol. The van der Waals surface area contributed by atoms with Crippen molar-refractivity contribution in [3.8, 4) is 5.69 Å². The summed E-state index contributed by atoms with van der Waals surface area (Å²) < 4.78 is 28.5. The molecule has 3 aromatic rings. The lowest BCUT2D eigenvalue weighted by atomic mass is 10.2. The minimum Gasteiger partial charge on any atom is -0.324 e. The van der Waals surface area contributed by atoms with Gasteiger partial charge in [-0.1, -0.05) is 0 Å². The van der Waals surface area contributed by atoms with Gasteiger partial charge in [0.25, 0.3) is 5.91 Å². The van der Waals surface area contributed by atoms with Crippen LogP contribution in [0.15, 0.2) is 48.8 Å². The standard InChI is InChI=1S/C20H20N4O3S2/c25-19(14-3-5-15(6-4-14)23-10-1-2-11-23)22-20-21-17-9-12-24(13-18(17)28-20)29(26,27)16-7-8-16/h1-6,10-11,16H,7-9,12-13H2,(H,21,22,25). The summed E-state index contributed by atoms with van der Waals surface area (Å²) in [6.45, 7) is 0.817. The van der Waals surface area contributed by atoms with Crippen LogP contribution < -0.4 is 5.32 Å². The van der Waals surface area contributed by atoms with Gasteiger partial charge in [-0.2, -0.15) is 4.31 Å². The van der Waals surface area contributed by atoms with Crippen molar-refractivity contribution in [3.63, 3.8) is 0 Å². The lowest BCUT2D eigenvalue weighted by Gasteiger charge is -2.25. The Morgan fingerprint density at radius 1 is 1.14 bits per heavy atom. The highest BCUT2D eigenvalue weighted by Gasteiger charge is 2.41. The molecule has 1 aliphatic carbocycles. The highest BCUT2D eigenvalue weighted by molar-refractivity contribution is 7.90. The fourth-order valence-corrected chi connectivity index (χ4v) is 6.39. The zero-order valence-electron chi connectivity index (χ0n) is 15.6. The monoisotopic (exact) mass is 428 g/mol. The lowest BCUT2D eigenvalue weighted by molar-refractivity contribution is 0.102. The quantitative estimate of drug-likeness (QED) is 0.677. The number of hydrogen-bond acceptors (Lipinski definition) is 5. The average molecular weight is 429 g/mol. The highest BCUT2D eigenvalue weighted by Crippen LogP contribution is 2.35. The van der Waals surface area contributed by atoms with E-state index in [1.165, 1.54) is 11.3 Å². The van der Waals surface area contributed by atoms with E-state index in [-0.39, 0.29) is 11.2 Å². The van der Waals surface area contributed by atoms with Crippen molar-refractivity contribution >= 4 is 32.4 Å². The molecule has 1 aliphatic heterocycles. The number of fused-ring (bicyclic) bond motifs is 1. The van der Waals surface area contributed by atoms with Crippen LogP contribution >= 0.6 is 11.3 Å². The van der Waals surface area contributed by atoms with E-state index >= 15 is 0 Å². The fourth-order valence-electron chi connectivity index (χ4n) is 3.48. The topological polar surface area (TPSA) is 84.3 Å². The van der Waals surface area contributed by atoms with Crippen LogP contribution in [0.25, 0.3) is 5.69 Å². The first-order chi connectivity index (χ1) is 14.0. The zero-order valence-corrected chi connectivity index (χ0v) is 17.2. The first kappa shape index (κ1) is 18.5. The molecule has 0 bridgehead atoms. The van der Waals surface area contributed by atoms with Crippen LogP contribution in [0.3, 0.4) is 0 Å². The molecule has 1 N–H and O–H groups in total. The van der Waals surface area contributed by atoms with E-state index in [2.05, 4.69) is 10.3 Å². The van der Waals surface area contributed by atoms with E-state index in [4.69, 9.17) is 0 Å². The number of benzene rings is 1. The Bertz CT molecular complexity index is 1150. The first-order valence-electron chi connectivity index (χ1n) is 9.53. The number of aromatic nitrogens is 2. The number of nitrogens with zero attached hydrogens (tertiary/aromatic N) is 3. The van der Waals surface area contributed by atoms with Crippen LogP contribution in [0.2, 0.25) is 0 Å². The summed E-state index contributed by atoms with van der Waals surface area (Å²) in [5, 5.41) is 3.16. The Balaban J connectivity index is 1.28. The van der Waals surface area contributed by atoms with Crippen LogP contribution in [0.1, 0.15) is 33.8 Å². The summed E-state index contributed by atoms with van der Waals surface area (Å²) >= 11 is 1.36. The number of sulfonamides is 1. The van der Waals surface area contributed by atoms with Crippen molar-refractivity contribution < 1.29 is 13.2 Å². The summed E-state index contributed by atoms with van der Waals surface area (Å²) in [5.74, 6) is -0.224. The van der Waals surface area contributed by atoms with Crippen LogP contribution in [-0.2, 0) is 23.0 Å². The summed E-state index contributed by atoms with van der Waals surface area (Å²) in [6.07, 6.45) is 6.00. The maximum Gasteiger partial charge on any atom is 0.257 e. The molecule has 9 heteroatoms. The van der Waals surface area contributed by atoms with Gasteiger partial charge in [-0.3, -0.25) is 10.1 Å². The van der Waals surface area contributed by atoms with Crippen molar-refractivity contribution in [1.82, 2.24) is 13.9 Å². The number of anilines is 1. The first-order valence-corrected chi connectivity index (χ1v) is 11.8. The van der Waals surface area contributed by atoms with Gasteiger partial charge in [0.05, 0.1) is 10.9 Å². The van der Waals surface area contributed by atoms with Gasteiger partial charge in [-0.05, 0) is 49.2 Å². The van der Waals surface area contributed by atoms with Crippen LogP contribution in [0.5, 0.6) is 0 Å². The summed E-state index contributed by atoms with van der Waals surface area (Å²) in [7, 11) is -3.19. The van der Waals surface area contributed by atoms with E-state index in [0.29, 0.717) is 30.2 Å². The Hall–Kier alpha value is -2.49. The number of thiazole rings is 1. The van der Waals surface area contributed by atoms with Crippen molar-refractivity contribution in [2.24, 2.45) is 0 Å². The predicted molar refractivity (Wildman–Crippen MR) is 112 cm³/mol. The van der Waals surface area contributed by atoms with E-state index in [1.54, 1.807) is 16.4 Å². The minimum absolute atomic E-state index is 0.203. The van der Waals surface area contributed by atoms with Gasteiger partial charge in [0.15, 0.2) is 5.13 Å². The third kappa shape index (κ3) is 3.61. The molecule has 1 saturated carbocycles. The van der Waals surface area contributed by atoms with Crippen molar-refractivity contribution in [2.45, 2.75) is 31.1 Å². The van der Waals surface area contributed by atoms with Gasteiger partial charge in [-0.25, -0.2) is 13.4 Å². The summed E-state index contributed by atoms with van der Waals surface area (Å²) in [4.78, 5) is 18.0. The smallest absolute Gasteiger partial charge is 0.257 e. The van der Waals surface area contributed by atoms with Gasteiger partial charge >= 0.3 is 0 Å². The second kappa shape index (κ2) is 7.08. The number of amides is 1. The molecule has 0 unspecified atom stereocenters. The third-order valence-electron chi connectivity index (χ3n) is 5.25. The lowest BCUT2D eigenvalue weighted by Crippen LogP contribution is -2.37. The van der Waals surface area contributed by atoms with Crippen molar-refractivity contribution in [2.75, 3.05) is 11.9 Å². The molecule has 0 spiro atoms. The largest absolute Gasteiger partial charge is 0.324 e. The molecule has 1 fully saturated rings. The Morgan fingerprint density at radius 3 is 2.55 bits per heavy atom. The van der Waals surface area contributed by atoms with Gasteiger partial charge in [0.2, 0.25) is 10.0 Å². The van der Waals surface area contributed by atoms with Crippen LogP contribution in [-0.4, -0.2) is 40.0 Å². The molecule has 0 atom stereocenters. The third-order valence-corrected chi connectivity index (χ3v) is 8.60. The molecule has 0 radical (unpaired) electrons. The molecule has 0 saturated heterocycles. The average Bonchev–Trinajstić information content (AvgIpc) is 3.30. The van der Waals surface area contributed by atoms with Crippen molar-refractivity contribution in [1.29, 1.82) is 0 Å². The Kier molecular flexibility index (Phi) is 4.53. The van der Waals surface area contributed by atoms with E-state index in [9.17, 15) is 13.2 Å². The van der Waals surface area contributed by atoms with E-state index in [1.807, 2.05) is 41.2 Å². The van der Waals surface area contributed by atoms with Gasteiger partial charge in [0, 0.05) is 48.0 Å². The molecule has 2 aliphatic rings. The molecule has 3 heterocycles. The van der Waals surface area contributed by atoms with Crippen LogP contribution in [0.4, 0.5) is 5.13 Å². The molecule has 5 rings (SSSR count). The number of hydrogen-bond donors (Lipinski definition) is 1. The zero-order chi connectivity index (χ0) is 20.0. The second-order valence-corrected chi connectivity index (χ2v) is 10.6. The number of rotatable bonds is 5. The normalized spacial score (nSPS) is 17.1.